The number of pyridine rings is 2. The topological polar surface area (TPSA) is 51.8 Å². The summed E-state index contributed by atoms with van der Waals surface area (Å²) in [5, 5.41) is 0.625. The molecule has 4 heteroatoms. The van der Waals surface area contributed by atoms with Crippen molar-refractivity contribution >= 4 is 11.6 Å². The Morgan fingerprint density at radius 3 is 2.56 bits per heavy atom. The minimum atomic E-state index is -0.111. The molecule has 2 aromatic rings. The van der Waals surface area contributed by atoms with E-state index in [4.69, 9.17) is 17.3 Å². The predicted octanol–water partition coefficient (Wildman–Crippen LogP) is 2.37. The maximum Gasteiger partial charge on any atom is 0.0589 e. The molecule has 0 bridgehead atoms. The lowest BCUT2D eigenvalue weighted by Crippen LogP contribution is -2.14. The molecule has 0 aliphatic heterocycles. The van der Waals surface area contributed by atoms with Gasteiger partial charge in [-0.15, -0.1) is 0 Å². The molecule has 0 fully saturated rings. The largest absolute Gasteiger partial charge is 0.322 e. The third-order valence-corrected chi connectivity index (χ3v) is 2.56. The van der Waals surface area contributed by atoms with Crippen LogP contribution in [-0.2, 0) is 6.42 Å². The number of aromatic nitrogens is 2. The van der Waals surface area contributed by atoms with Crippen molar-refractivity contribution in [3.05, 3.63) is 59.1 Å². The molecule has 2 heterocycles. The van der Waals surface area contributed by atoms with E-state index in [1.165, 1.54) is 0 Å². The summed E-state index contributed by atoms with van der Waals surface area (Å²) in [6.07, 6.45) is 5.88. The number of halogens is 1. The highest BCUT2D eigenvalue weighted by molar-refractivity contribution is 6.30. The first-order valence-corrected chi connectivity index (χ1v) is 5.39. The van der Waals surface area contributed by atoms with Crippen LogP contribution in [0.2, 0.25) is 5.02 Å². The molecule has 0 aromatic carbocycles. The van der Waals surface area contributed by atoms with Gasteiger partial charge in [0.2, 0.25) is 0 Å². The van der Waals surface area contributed by atoms with Crippen LogP contribution < -0.4 is 5.73 Å². The molecule has 0 amide bonds. The van der Waals surface area contributed by atoms with Crippen molar-refractivity contribution in [2.75, 3.05) is 0 Å². The molecule has 1 atom stereocenters. The summed E-state index contributed by atoms with van der Waals surface area (Å²) < 4.78 is 0. The summed E-state index contributed by atoms with van der Waals surface area (Å²) in [6, 6.07) is 7.45. The van der Waals surface area contributed by atoms with E-state index in [0.717, 1.165) is 17.7 Å². The Labute approximate surface area is 99.3 Å². The van der Waals surface area contributed by atoms with Crippen LogP contribution in [0.3, 0.4) is 0 Å². The van der Waals surface area contributed by atoms with Gasteiger partial charge in [-0.2, -0.15) is 0 Å². The standard InChI is InChI=1S/C12H12ClN3/c13-10-1-2-12(16-8-10)11(14)7-9-3-5-15-6-4-9/h1-6,8,11H,7,14H2. The SMILES string of the molecule is NC(Cc1ccncc1)c1ccc(Cl)cn1. The number of hydrogen-bond acceptors (Lipinski definition) is 3. The molecule has 2 aromatic heterocycles. The third-order valence-electron chi connectivity index (χ3n) is 2.34. The molecule has 16 heavy (non-hydrogen) atoms. The average molecular weight is 234 g/mol. The zero-order valence-corrected chi connectivity index (χ0v) is 9.43. The molecule has 2 rings (SSSR count). The van der Waals surface area contributed by atoms with E-state index >= 15 is 0 Å². The van der Waals surface area contributed by atoms with E-state index in [-0.39, 0.29) is 6.04 Å². The fourth-order valence-corrected chi connectivity index (χ4v) is 1.60. The second-order valence-corrected chi connectivity index (χ2v) is 4.00. The van der Waals surface area contributed by atoms with Gasteiger partial charge in [0.05, 0.1) is 16.8 Å². The Morgan fingerprint density at radius 2 is 1.94 bits per heavy atom. The second kappa shape index (κ2) is 5.05. The normalized spacial score (nSPS) is 12.4. The van der Waals surface area contributed by atoms with Crippen LogP contribution in [0.15, 0.2) is 42.9 Å². The zero-order valence-electron chi connectivity index (χ0n) is 8.68. The van der Waals surface area contributed by atoms with Crippen LogP contribution in [0.4, 0.5) is 0 Å². The van der Waals surface area contributed by atoms with Gasteiger partial charge in [-0.25, -0.2) is 0 Å². The number of nitrogens with two attached hydrogens (primary N) is 1. The van der Waals surface area contributed by atoms with Crippen LogP contribution in [-0.4, -0.2) is 9.97 Å². The van der Waals surface area contributed by atoms with Crippen molar-refractivity contribution < 1.29 is 0 Å². The lowest BCUT2D eigenvalue weighted by atomic mass is 10.1. The highest BCUT2D eigenvalue weighted by Gasteiger charge is 2.07. The van der Waals surface area contributed by atoms with Gasteiger partial charge >= 0.3 is 0 Å². The molecular weight excluding hydrogens is 222 g/mol. The zero-order chi connectivity index (χ0) is 11.4. The first-order valence-electron chi connectivity index (χ1n) is 5.01. The van der Waals surface area contributed by atoms with E-state index < -0.39 is 0 Å². The van der Waals surface area contributed by atoms with Crippen molar-refractivity contribution in [3.8, 4) is 0 Å². The van der Waals surface area contributed by atoms with E-state index in [2.05, 4.69) is 9.97 Å². The van der Waals surface area contributed by atoms with Crippen LogP contribution in [0.5, 0.6) is 0 Å². The fraction of sp³-hybridized carbons (Fsp3) is 0.167. The van der Waals surface area contributed by atoms with E-state index in [0.29, 0.717) is 5.02 Å². The van der Waals surface area contributed by atoms with Gasteiger partial charge in [0, 0.05) is 18.6 Å². The first kappa shape index (κ1) is 11.0. The lowest BCUT2D eigenvalue weighted by molar-refractivity contribution is 0.696. The summed E-state index contributed by atoms with van der Waals surface area (Å²) in [6.45, 7) is 0. The van der Waals surface area contributed by atoms with E-state index in [1.54, 1.807) is 24.7 Å². The van der Waals surface area contributed by atoms with Gasteiger partial charge in [0.15, 0.2) is 0 Å². The van der Waals surface area contributed by atoms with Gasteiger partial charge < -0.3 is 5.73 Å². The van der Waals surface area contributed by atoms with Crippen LogP contribution in [0, 0.1) is 0 Å². The minimum absolute atomic E-state index is 0.111. The minimum Gasteiger partial charge on any atom is -0.322 e. The maximum atomic E-state index is 6.05. The summed E-state index contributed by atoms with van der Waals surface area (Å²) in [5.41, 5.74) is 8.05. The molecule has 1 unspecified atom stereocenters. The fourth-order valence-electron chi connectivity index (χ4n) is 1.48. The molecule has 0 saturated heterocycles. The Morgan fingerprint density at radius 1 is 1.19 bits per heavy atom. The van der Waals surface area contributed by atoms with Gasteiger partial charge in [-0.3, -0.25) is 9.97 Å². The highest BCUT2D eigenvalue weighted by Crippen LogP contribution is 2.15. The Kier molecular flexibility index (Phi) is 3.49. The van der Waals surface area contributed by atoms with Crippen LogP contribution >= 0.6 is 11.6 Å². The third kappa shape index (κ3) is 2.78. The van der Waals surface area contributed by atoms with Gasteiger partial charge in [0.1, 0.15) is 0 Å². The van der Waals surface area contributed by atoms with Gasteiger partial charge in [0.25, 0.3) is 0 Å². The molecule has 82 valence electrons. The van der Waals surface area contributed by atoms with Crippen molar-refractivity contribution in [1.82, 2.24) is 9.97 Å². The van der Waals surface area contributed by atoms with Crippen molar-refractivity contribution in [2.45, 2.75) is 12.5 Å². The molecule has 0 radical (unpaired) electrons. The summed E-state index contributed by atoms with van der Waals surface area (Å²) in [7, 11) is 0. The van der Waals surface area contributed by atoms with E-state index in [9.17, 15) is 0 Å². The lowest BCUT2D eigenvalue weighted by Gasteiger charge is -2.10. The molecule has 3 nitrogen and oxygen atoms in total. The summed E-state index contributed by atoms with van der Waals surface area (Å²) in [5.74, 6) is 0. The Balaban J connectivity index is 2.09. The van der Waals surface area contributed by atoms with Crippen LogP contribution in [0.1, 0.15) is 17.3 Å². The Hall–Kier alpha value is -1.45. The van der Waals surface area contributed by atoms with Gasteiger partial charge in [-0.1, -0.05) is 11.6 Å². The molecule has 0 saturated carbocycles. The number of nitrogens with zero attached hydrogens (tertiary/aromatic N) is 2. The molecule has 0 spiro atoms. The number of rotatable bonds is 3. The van der Waals surface area contributed by atoms with Gasteiger partial charge in [-0.05, 0) is 36.2 Å². The molecular formula is C12H12ClN3. The highest BCUT2D eigenvalue weighted by atomic mass is 35.5. The molecule has 0 aliphatic carbocycles. The van der Waals surface area contributed by atoms with E-state index in [1.807, 2.05) is 18.2 Å². The maximum absolute atomic E-state index is 6.05. The van der Waals surface area contributed by atoms with Crippen LogP contribution in [0.25, 0.3) is 0 Å². The Bertz CT molecular complexity index is 442. The van der Waals surface area contributed by atoms with Crippen molar-refractivity contribution in [2.24, 2.45) is 5.73 Å². The smallest absolute Gasteiger partial charge is 0.0589 e. The second-order valence-electron chi connectivity index (χ2n) is 3.57. The number of hydrogen-bond donors (Lipinski definition) is 1. The monoisotopic (exact) mass is 233 g/mol. The average Bonchev–Trinajstić information content (AvgIpc) is 2.31. The summed E-state index contributed by atoms with van der Waals surface area (Å²) in [4.78, 5) is 8.16. The molecule has 2 N–H and O–H groups in total. The quantitative estimate of drug-likeness (QED) is 0.886. The predicted molar refractivity (Wildman–Crippen MR) is 64.1 cm³/mol. The molecule has 0 aliphatic rings. The van der Waals surface area contributed by atoms with Crippen molar-refractivity contribution in [3.63, 3.8) is 0 Å². The summed E-state index contributed by atoms with van der Waals surface area (Å²) >= 11 is 5.76. The van der Waals surface area contributed by atoms with Crippen molar-refractivity contribution in [1.29, 1.82) is 0 Å². The first-order chi connectivity index (χ1) is 7.75.